The lowest BCUT2D eigenvalue weighted by molar-refractivity contribution is -0.276. The monoisotopic (exact) mass is 557 g/mol. The number of hydrogen-bond acceptors (Lipinski definition) is 6. The third-order valence-corrected chi connectivity index (χ3v) is 7.56. The van der Waals surface area contributed by atoms with Crippen LogP contribution in [0.2, 0.25) is 0 Å². The number of ether oxygens (including phenoxy) is 2. The molecule has 1 saturated heterocycles. The topological polar surface area (TPSA) is 123 Å². The van der Waals surface area contributed by atoms with Crippen LogP contribution < -0.4 is 5.32 Å². The summed E-state index contributed by atoms with van der Waals surface area (Å²) >= 11 is 0. The predicted molar refractivity (Wildman–Crippen MR) is 152 cm³/mol. The summed E-state index contributed by atoms with van der Waals surface area (Å²) in [5.41, 5.74) is 5.63. The third-order valence-electron chi connectivity index (χ3n) is 7.56. The standard InChI is InChI=1S/C32H35N3O6/c1-21-28(18-35-20-34-26-5-2-3-6-27(26)35)40-32(41-31(21)24-13-11-23(19-36)12-14-24)25-15-9-22(10-16-25)17-33-29(37)7-4-8-30(38)39/h2-3,5-6,9-16,20-21,28,31-32,36H,4,7-8,17-19H2,1H3,(H,33,37)(H,38,39)/t21-,28+,31+,32+/m0/s1. The molecule has 9 nitrogen and oxygen atoms in total. The van der Waals surface area contributed by atoms with Gasteiger partial charge in [0.25, 0.3) is 0 Å². The van der Waals surface area contributed by atoms with E-state index in [9.17, 15) is 14.7 Å². The van der Waals surface area contributed by atoms with Crippen LogP contribution in [-0.2, 0) is 38.8 Å². The first-order valence-corrected chi connectivity index (χ1v) is 13.9. The number of carbonyl (C=O) groups excluding carboxylic acids is 1. The van der Waals surface area contributed by atoms with Gasteiger partial charge >= 0.3 is 5.97 Å². The Balaban J connectivity index is 1.32. The van der Waals surface area contributed by atoms with Crippen LogP contribution in [0.25, 0.3) is 11.0 Å². The van der Waals surface area contributed by atoms with Gasteiger partial charge in [-0.2, -0.15) is 0 Å². The van der Waals surface area contributed by atoms with Gasteiger partial charge in [0.1, 0.15) is 0 Å². The molecule has 9 heteroatoms. The molecule has 0 spiro atoms. The Bertz CT molecular complexity index is 1470. The van der Waals surface area contributed by atoms with Gasteiger partial charge in [-0.1, -0.05) is 67.6 Å². The number of aromatic nitrogens is 2. The average molecular weight is 558 g/mol. The number of hydrogen-bond donors (Lipinski definition) is 3. The number of aliphatic carboxylic acids is 1. The van der Waals surface area contributed by atoms with E-state index in [1.807, 2.05) is 73.1 Å². The molecule has 0 aliphatic carbocycles. The molecule has 41 heavy (non-hydrogen) atoms. The molecule has 1 fully saturated rings. The van der Waals surface area contributed by atoms with E-state index >= 15 is 0 Å². The van der Waals surface area contributed by atoms with E-state index < -0.39 is 12.3 Å². The number of fused-ring (bicyclic) bond motifs is 1. The van der Waals surface area contributed by atoms with Gasteiger partial charge in [-0.25, -0.2) is 4.98 Å². The smallest absolute Gasteiger partial charge is 0.303 e. The number of aliphatic hydroxyl groups excluding tert-OH is 1. The third kappa shape index (κ3) is 7.00. The molecule has 1 aliphatic heterocycles. The van der Waals surface area contributed by atoms with Crippen LogP contribution in [0.15, 0.2) is 79.1 Å². The largest absolute Gasteiger partial charge is 0.481 e. The fourth-order valence-electron chi connectivity index (χ4n) is 5.16. The summed E-state index contributed by atoms with van der Waals surface area (Å²) in [5.74, 6) is -1.05. The quantitative estimate of drug-likeness (QED) is 0.240. The van der Waals surface area contributed by atoms with Crippen LogP contribution in [-0.4, -0.2) is 37.7 Å². The minimum absolute atomic E-state index is 0.0153. The Morgan fingerprint density at radius 3 is 2.37 bits per heavy atom. The van der Waals surface area contributed by atoms with Crippen molar-refractivity contribution in [2.24, 2.45) is 5.92 Å². The molecule has 3 aromatic carbocycles. The number of carbonyl (C=O) groups is 2. The molecule has 0 unspecified atom stereocenters. The van der Waals surface area contributed by atoms with Gasteiger partial charge in [0.2, 0.25) is 5.91 Å². The fraction of sp³-hybridized carbons (Fsp3) is 0.344. The van der Waals surface area contributed by atoms with E-state index in [0.717, 1.165) is 33.3 Å². The Labute approximate surface area is 238 Å². The fourth-order valence-corrected chi connectivity index (χ4v) is 5.16. The molecule has 2 heterocycles. The number of nitrogens with one attached hydrogen (secondary N) is 1. The zero-order valence-electron chi connectivity index (χ0n) is 23.0. The molecule has 1 aliphatic rings. The van der Waals surface area contributed by atoms with Gasteiger partial charge < -0.3 is 29.6 Å². The van der Waals surface area contributed by atoms with E-state index in [1.165, 1.54) is 0 Å². The lowest BCUT2D eigenvalue weighted by Gasteiger charge is -2.41. The molecule has 1 amide bonds. The summed E-state index contributed by atoms with van der Waals surface area (Å²) in [5, 5.41) is 21.1. The molecular weight excluding hydrogens is 522 g/mol. The highest BCUT2D eigenvalue weighted by Gasteiger charge is 2.38. The van der Waals surface area contributed by atoms with Crippen LogP contribution >= 0.6 is 0 Å². The highest BCUT2D eigenvalue weighted by atomic mass is 16.7. The molecular formula is C32H35N3O6. The minimum Gasteiger partial charge on any atom is -0.481 e. The summed E-state index contributed by atoms with van der Waals surface area (Å²) in [6.45, 7) is 3.08. The Hall–Kier alpha value is -4.05. The van der Waals surface area contributed by atoms with Gasteiger partial charge in [0.05, 0.1) is 42.7 Å². The lowest BCUT2D eigenvalue weighted by atomic mass is 9.90. The molecule has 0 bridgehead atoms. The molecule has 0 saturated carbocycles. The van der Waals surface area contributed by atoms with Crippen LogP contribution in [0.5, 0.6) is 0 Å². The number of carboxylic acids is 1. The summed E-state index contributed by atoms with van der Waals surface area (Å²) in [7, 11) is 0. The van der Waals surface area contributed by atoms with Crippen LogP contribution in [0, 0.1) is 5.92 Å². The number of para-hydroxylation sites is 2. The van der Waals surface area contributed by atoms with E-state index in [0.29, 0.717) is 19.5 Å². The van der Waals surface area contributed by atoms with Crippen molar-refractivity contribution in [3.8, 4) is 0 Å². The summed E-state index contributed by atoms with van der Waals surface area (Å²) < 4.78 is 15.3. The van der Waals surface area contributed by atoms with E-state index in [1.54, 1.807) is 0 Å². The van der Waals surface area contributed by atoms with Crippen molar-refractivity contribution >= 4 is 22.9 Å². The zero-order valence-corrected chi connectivity index (χ0v) is 23.0. The van der Waals surface area contributed by atoms with Crippen LogP contribution in [0.1, 0.15) is 60.8 Å². The minimum atomic E-state index is -0.903. The van der Waals surface area contributed by atoms with Crippen molar-refractivity contribution in [3.05, 3.63) is 101 Å². The highest BCUT2D eigenvalue weighted by Crippen LogP contribution is 2.42. The zero-order chi connectivity index (χ0) is 28.8. The van der Waals surface area contributed by atoms with Crippen molar-refractivity contribution in [2.45, 2.75) is 64.4 Å². The number of aliphatic hydroxyl groups is 1. The second kappa shape index (κ2) is 13.1. The van der Waals surface area contributed by atoms with Crippen molar-refractivity contribution in [3.63, 3.8) is 0 Å². The van der Waals surface area contributed by atoms with Gasteiger partial charge in [0.15, 0.2) is 6.29 Å². The van der Waals surface area contributed by atoms with Gasteiger partial charge in [-0.15, -0.1) is 0 Å². The average Bonchev–Trinajstić information content (AvgIpc) is 3.40. The van der Waals surface area contributed by atoms with E-state index in [2.05, 4.69) is 27.9 Å². The highest BCUT2D eigenvalue weighted by molar-refractivity contribution is 5.76. The van der Waals surface area contributed by atoms with E-state index in [4.69, 9.17) is 14.6 Å². The first kappa shape index (κ1) is 28.5. The SMILES string of the molecule is C[C@H]1[C@@H](Cn2cnc3ccccc32)O[C@@H](c2ccc(CNC(=O)CCCC(=O)O)cc2)O[C@H]1c1ccc(CO)cc1. The van der Waals surface area contributed by atoms with Gasteiger partial charge in [0, 0.05) is 30.9 Å². The van der Waals surface area contributed by atoms with Crippen LogP contribution in [0.4, 0.5) is 0 Å². The van der Waals surface area contributed by atoms with Crippen LogP contribution in [0.3, 0.4) is 0 Å². The van der Waals surface area contributed by atoms with Gasteiger partial charge in [-0.05, 0) is 35.2 Å². The lowest BCUT2D eigenvalue weighted by Crippen LogP contribution is -2.39. The van der Waals surface area contributed by atoms with Crippen molar-refractivity contribution < 1.29 is 29.3 Å². The molecule has 214 valence electrons. The summed E-state index contributed by atoms with van der Waals surface area (Å²) in [6.07, 6.45) is 1.32. The molecule has 1 aromatic heterocycles. The summed E-state index contributed by atoms with van der Waals surface area (Å²) in [4.78, 5) is 27.2. The van der Waals surface area contributed by atoms with Crippen molar-refractivity contribution in [1.82, 2.24) is 14.9 Å². The second-order valence-electron chi connectivity index (χ2n) is 10.5. The van der Waals surface area contributed by atoms with Gasteiger partial charge in [-0.3, -0.25) is 9.59 Å². The molecule has 4 aromatic rings. The number of carboxylic acid groups (broad SMARTS) is 1. The molecule has 4 atom stereocenters. The molecule has 3 N–H and O–H groups in total. The van der Waals surface area contributed by atoms with Crippen molar-refractivity contribution in [2.75, 3.05) is 0 Å². The number of amides is 1. The normalized spacial score (nSPS) is 20.6. The second-order valence-corrected chi connectivity index (χ2v) is 10.5. The maximum absolute atomic E-state index is 12.0. The Kier molecular flexibility index (Phi) is 9.08. The maximum Gasteiger partial charge on any atom is 0.303 e. The maximum atomic E-state index is 12.0. The summed E-state index contributed by atoms with van der Waals surface area (Å²) in [6, 6.07) is 23.6. The number of rotatable bonds is 11. The number of imidazole rings is 1. The number of nitrogens with zero attached hydrogens (tertiary/aromatic N) is 2. The first-order chi connectivity index (χ1) is 19.9. The number of benzene rings is 3. The van der Waals surface area contributed by atoms with E-state index in [-0.39, 0.29) is 43.5 Å². The molecule has 5 rings (SSSR count). The Morgan fingerprint density at radius 2 is 1.63 bits per heavy atom. The predicted octanol–water partition coefficient (Wildman–Crippen LogP) is 4.89. The Morgan fingerprint density at radius 1 is 0.927 bits per heavy atom. The molecule has 0 radical (unpaired) electrons. The van der Waals surface area contributed by atoms with Crippen molar-refractivity contribution in [1.29, 1.82) is 0 Å². The first-order valence-electron chi connectivity index (χ1n) is 13.9.